The van der Waals surface area contributed by atoms with Gasteiger partial charge in [-0.2, -0.15) is 0 Å². The molecule has 1 saturated heterocycles. The fraction of sp³-hybridized carbons (Fsp3) is 0.387. The van der Waals surface area contributed by atoms with Crippen molar-refractivity contribution in [3.05, 3.63) is 108 Å². The standard InChI is InChI=1S/C31H36O6S/c1-3-38-31-30(36-21-26-17-11-6-12-18-26)29(35-20-25-15-9-5-10-16-25)28(27(37-31)22-33-23(2)32)34-19-24-13-7-4-8-14-24/h4-18,27-31H,3,19-22H2,1-2H3/t27-,28+,29+,30-,31?/m1/s1. The molecule has 38 heavy (non-hydrogen) atoms. The number of benzene rings is 3. The van der Waals surface area contributed by atoms with Crippen LogP contribution in [0.1, 0.15) is 30.5 Å². The van der Waals surface area contributed by atoms with E-state index in [0.29, 0.717) is 19.8 Å². The van der Waals surface area contributed by atoms with E-state index in [-0.39, 0.29) is 18.0 Å². The predicted octanol–water partition coefficient (Wildman–Crippen LogP) is 5.78. The first-order valence-electron chi connectivity index (χ1n) is 13.0. The predicted molar refractivity (Wildman–Crippen MR) is 148 cm³/mol. The van der Waals surface area contributed by atoms with Crippen LogP contribution in [0.25, 0.3) is 0 Å². The minimum absolute atomic E-state index is 0.0756. The molecule has 0 bridgehead atoms. The van der Waals surface area contributed by atoms with Gasteiger partial charge in [-0.3, -0.25) is 4.79 Å². The van der Waals surface area contributed by atoms with Crippen LogP contribution in [0.5, 0.6) is 0 Å². The van der Waals surface area contributed by atoms with Crippen molar-refractivity contribution >= 4 is 17.7 Å². The Labute approximate surface area is 229 Å². The van der Waals surface area contributed by atoms with Gasteiger partial charge in [0.1, 0.15) is 36.5 Å². The molecule has 6 nitrogen and oxygen atoms in total. The molecule has 0 N–H and O–H groups in total. The summed E-state index contributed by atoms with van der Waals surface area (Å²) in [5, 5.41) is 0. The fourth-order valence-corrected chi connectivity index (χ4v) is 5.35. The molecule has 0 amide bonds. The monoisotopic (exact) mass is 536 g/mol. The zero-order valence-electron chi connectivity index (χ0n) is 21.9. The third kappa shape index (κ3) is 8.41. The van der Waals surface area contributed by atoms with Gasteiger partial charge in [-0.05, 0) is 22.4 Å². The summed E-state index contributed by atoms with van der Waals surface area (Å²) in [4.78, 5) is 11.7. The van der Waals surface area contributed by atoms with Gasteiger partial charge in [-0.25, -0.2) is 0 Å². The Morgan fingerprint density at radius 2 is 1.16 bits per heavy atom. The van der Waals surface area contributed by atoms with Crippen molar-refractivity contribution < 1.29 is 28.5 Å². The van der Waals surface area contributed by atoms with Gasteiger partial charge >= 0.3 is 5.97 Å². The zero-order chi connectivity index (χ0) is 26.6. The average Bonchev–Trinajstić information content (AvgIpc) is 2.95. The second kappa shape index (κ2) is 15.0. The van der Waals surface area contributed by atoms with Crippen LogP contribution in [0, 0.1) is 0 Å². The maximum absolute atomic E-state index is 11.7. The summed E-state index contributed by atoms with van der Waals surface area (Å²) in [6, 6.07) is 30.1. The summed E-state index contributed by atoms with van der Waals surface area (Å²) in [6.07, 6.45) is -1.89. The highest BCUT2D eigenvalue weighted by Crippen LogP contribution is 2.35. The van der Waals surface area contributed by atoms with Gasteiger partial charge in [0.25, 0.3) is 0 Å². The van der Waals surface area contributed by atoms with Crippen molar-refractivity contribution in [3.63, 3.8) is 0 Å². The Balaban J connectivity index is 1.62. The molecule has 1 fully saturated rings. The normalized spacial score (nSPS) is 23.2. The van der Waals surface area contributed by atoms with Crippen molar-refractivity contribution in [3.8, 4) is 0 Å². The van der Waals surface area contributed by atoms with Gasteiger partial charge in [0.2, 0.25) is 0 Å². The summed E-state index contributed by atoms with van der Waals surface area (Å²) >= 11 is 1.65. The molecule has 1 heterocycles. The molecule has 0 aromatic heterocycles. The third-order valence-electron chi connectivity index (χ3n) is 6.23. The number of thioether (sulfide) groups is 1. The minimum atomic E-state index is -0.521. The third-order valence-corrected chi connectivity index (χ3v) is 7.27. The highest BCUT2D eigenvalue weighted by Gasteiger charge is 2.48. The van der Waals surface area contributed by atoms with E-state index in [1.807, 2.05) is 91.0 Å². The highest BCUT2D eigenvalue weighted by molar-refractivity contribution is 7.99. The summed E-state index contributed by atoms with van der Waals surface area (Å²) in [6.45, 7) is 4.74. The topological polar surface area (TPSA) is 63.2 Å². The SMILES string of the molecule is CCSC1O[C@H](COC(C)=O)[C@H](OCc2ccccc2)[C@H](OCc2ccccc2)[C@H]1OCc1ccccc1. The lowest BCUT2D eigenvalue weighted by molar-refractivity contribution is -0.253. The van der Waals surface area contributed by atoms with E-state index in [9.17, 15) is 4.79 Å². The quantitative estimate of drug-likeness (QED) is 0.257. The maximum atomic E-state index is 11.7. The molecule has 1 aliphatic rings. The molecule has 3 aromatic rings. The first-order valence-corrected chi connectivity index (χ1v) is 14.1. The van der Waals surface area contributed by atoms with Crippen molar-refractivity contribution in [2.24, 2.45) is 0 Å². The first kappa shape index (κ1) is 28.3. The number of ether oxygens (including phenoxy) is 5. The Morgan fingerprint density at radius 1 is 0.711 bits per heavy atom. The second-order valence-electron chi connectivity index (χ2n) is 9.08. The highest BCUT2D eigenvalue weighted by atomic mass is 32.2. The second-order valence-corrected chi connectivity index (χ2v) is 10.5. The first-order chi connectivity index (χ1) is 18.6. The molecule has 5 atom stereocenters. The van der Waals surface area contributed by atoms with Crippen LogP contribution in [-0.2, 0) is 48.3 Å². The Hall–Kier alpha value is -2.68. The molecule has 1 unspecified atom stereocenters. The zero-order valence-corrected chi connectivity index (χ0v) is 22.8. The molecule has 7 heteroatoms. The lowest BCUT2D eigenvalue weighted by Crippen LogP contribution is -2.60. The molecular formula is C31H36O6S. The number of hydrogen-bond donors (Lipinski definition) is 0. The van der Waals surface area contributed by atoms with Crippen molar-refractivity contribution in [1.29, 1.82) is 0 Å². The molecule has 0 aliphatic carbocycles. The van der Waals surface area contributed by atoms with Gasteiger partial charge in [0.05, 0.1) is 19.8 Å². The lowest BCUT2D eigenvalue weighted by atomic mass is 9.99. The van der Waals surface area contributed by atoms with E-state index in [1.54, 1.807) is 11.8 Å². The van der Waals surface area contributed by atoms with Crippen molar-refractivity contribution in [2.45, 2.75) is 63.5 Å². The lowest BCUT2D eigenvalue weighted by Gasteiger charge is -2.45. The van der Waals surface area contributed by atoms with Crippen LogP contribution in [0.2, 0.25) is 0 Å². The Bertz CT molecular complexity index is 1080. The van der Waals surface area contributed by atoms with Crippen molar-refractivity contribution in [1.82, 2.24) is 0 Å². The van der Waals surface area contributed by atoms with Crippen LogP contribution in [-0.4, -0.2) is 48.2 Å². The summed E-state index contributed by atoms with van der Waals surface area (Å²) in [5.74, 6) is 0.469. The Morgan fingerprint density at radius 3 is 1.61 bits per heavy atom. The minimum Gasteiger partial charge on any atom is -0.463 e. The fourth-order valence-electron chi connectivity index (χ4n) is 4.38. The molecule has 0 spiro atoms. The van der Waals surface area contributed by atoms with E-state index in [4.69, 9.17) is 23.7 Å². The Kier molecular flexibility index (Phi) is 11.2. The largest absolute Gasteiger partial charge is 0.463 e. The van der Waals surface area contributed by atoms with Gasteiger partial charge < -0.3 is 23.7 Å². The molecule has 202 valence electrons. The molecule has 0 radical (unpaired) electrons. The molecular weight excluding hydrogens is 500 g/mol. The molecule has 1 aliphatic heterocycles. The van der Waals surface area contributed by atoms with Gasteiger partial charge in [0.15, 0.2) is 0 Å². The van der Waals surface area contributed by atoms with Crippen LogP contribution in [0.15, 0.2) is 91.0 Å². The van der Waals surface area contributed by atoms with E-state index in [2.05, 4.69) is 6.92 Å². The number of carbonyl (C=O) groups excluding carboxylic acids is 1. The van der Waals surface area contributed by atoms with Crippen LogP contribution in [0.4, 0.5) is 0 Å². The molecule has 3 aromatic carbocycles. The summed E-state index contributed by atoms with van der Waals surface area (Å²) in [5.41, 5.74) is 2.84. The van der Waals surface area contributed by atoms with Gasteiger partial charge in [0, 0.05) is 6.92 Å². The van der Waals surface area contributed by atoms with Gasteiger partial charge in [-0.1, -0.05) is 97.9 Å². The number of hydrogen-bond acceptors (Lipinski definition) is 7. The summed E-state index contributed by atoms with van der Waals surface area (Å²) < 4.78 is 31.6. The molecule has 0 saturated carbocycles. The van der Waals surface area contributed by atoms with Crippen LogP contribution in [0.3, 0.4) is 0 Å². The van der Waals surface area contributed by atoms with E-state index < -0.39 is 24.4 Å². The van der Waals surface area contributed by atoms with Crippen LogP contribution < -0.4 is 0 Å². The summed E-state index contributed by atoms with van der Waals surface area (Å²) in [7, 11) is 0. The maximum Gasteiger partial charge on any atom is 0.302 e. The van der Waals surface area contributed by atoms with Gasteiger partial charge in [-0.15, -0.1) is 11.8 Å². The van der Waals surface area contributed by atoms with Crippen LogP contribution >= 0.6 is 11.8 Å². The van der Waals surface area contributed by atoms with E-state index >= 15 is 0 Å². The number of esters is 1. The van der Waals surface area contributed by atoms with Crippen molar-refractivity contribution in [2.75, 3.05) is 12.4 Å². The van der Waals surface area contributed by atoms with E-state index in [1.165, 1.54) is 6.92 Å². The molecule has 4 rings (SSSR count). The number of rotatable bonds is 13. The smallest absolute Gasteiger partial charge is 0.302 e. The average molecular weight is 537 g/mol. The van der Waals surface area contributed by atoms with E-state index in [0.717, 1.165) is 22.4 Å². The number of carbonyl (C=O) groups is 1.